The van der Waals surface area contributed by atoms with Crippen LogP contribution >= 0.6 is 0 Å². The summed E-state index contributed by atoms with van der Waals surface area (Å²) in [6.45, 7) is 14.5. The Bertz CT molecular complexity index is 5020. The molecule has 4 aromatic heterocycles. The van der Waals surface area contributed by atoms with Crippen LogP contribution in [-0.2, 0) is 80.2 Å². The standard InChI is InChI=1S/C32H38N4O4.C28H34N4O2.C27H34N6O4/c1-20-6-15-26-27(35(20)32(39)40-3)16-17-28-31(26)33-29(36(28)25-13-9-23(10-14-25)21(2)37)19-22-7-11-24(12-8-22)34-18-4-5-30(34)38;1-19-8-9-22-23(31(19)27(33)34-2)10-11-24-26(22)30-25(16-20-6-4-3-5-7-20)32(24)21-12-14-28(15-13-21)17-29-18-28;1-18-6-7-20-21(33(18)27(36)37-2)8-9-22-25(20)29-23(11-14-31-12-4-3-5-24(31)34)32(22)16-15-30-13-10-19(17-30)26(28)35/h7-8,11-12,16-17,20,23,25H,4-6,9-10,13-15,18-19H2,1-3H3;3-7,10-11,19,21,29H,8-9,12-18H2,1-2H3;3-5,8-9,12,18-19H,6-7,10-11,13-17H2,1-2H3,(H2,28,35)/t20-,23?,25?;19-;18-,19-/m000/s1. The van der Waals surface area contributed by atoms with Crippen LogP contribution in [0.3, 0.4) is 0 Å². The number of anilines is 4. The molecule has 24 nitrogen and oxygen atoms in total. The number of aryl methyl sites for hydroxylation is 5. The number of pyridine rings is 1. The van der Waals surface area contributed by atoms with E-state index in [4.69, 9.17) is 34.9 Å². The number of carbonyl (C=O) groups is 6. The van der Waals surface area contributed by atoms with Crippen molar-refractivity contribution in [2.45, 2.75) is 199 Å². The lowest BCUT2D eigenvalue weighted by Crippen LogP contribution is -2.54. The van der Waals surface area contributed by atoms with Crippen molar-refractivity contribution >= 4 is 91.7 Å². The fourth-order valence-electron chi connectivity index (χ4n) is 19.1. The zero-order valence-electron chi connectivity index (χ0n) is 65.3. The third-order valence-electron chi connectivity index (χ3n) is 25.5. The summed E-state index contributed by atoms with van der Waals surface area (Å²) in [6.07, 6.45) is 19.1. The molecule has 5 aromatic carbocycles. The molecule has 5 fully saturated rings. The molecule has 111 heavy (non-hydrogen) atoms. The van der Waals surface area contributed by atoms with E-state index in [1.165, 1.54) is 76.7 Å². The molecule has 1 spiro atoms. The highest BCUT2D eigenvalue weighted by atomic mass is 16.6. The van der Waals surface area contributed by atoms with Crippen molar-refractivity contribution in [3.8, 4) is 0 Å². The molecule has 10 heterocycles. The van der Waals surface area contributed by atoms with Crippen LogP contribution in [0.5, 0.6) is 0 Å². The highest BCUT2D eigenvalue weighted by molar-refractivity contribution is 5.99. The molecule has 24 heteroatoms. The molecule has 0 unspecified atom stereocenters. The number of primary amides is 1. The van der Waals surface area contributed by atoms with Gasteiger partial charge in [-0.2, -0.15) is 0 Å². The fraction of sp³-hybridized carbons (Fsp3) is 0.494. The van der Waals surface area contributed by atoms with Crippen molar-refractivity contribution in [2.75, 3.05) is 80.2 Å². The van der Waals surface area contributed by atoms with Gasteiger partial charge in [-0.15, -0.1) is 0 Å². The van der Waals surface area contributed by atoms with Crippen molar-refractivity contribution in [3.63, 3.8) is 0 Å². The number of likely N-dealkylation sites (tertiary alicyclic amines) is 1. The molecular weight excluding hydrogens is 1400 g/mol. The number of nitrogens with two attached hydrogens (primary N) is 1. The number of carbonyl (C=O) groups excluding carboxylic acids is 6. The van der Waals surface area contributed by atoms with Crippen molar-refractivity contribution in [2.24, 2.45) is 23.0 Å². The lowest BCUT2D eigenvalue weighted by Gasteiger charge is -2.47. The first-order valence-corrected chi connectivity index (χ1v) is 40.3. The molecule has 2 saturated carbocycles. The van der Waals surface area contributed by atoms with Crippen LogP contribution in [0, 0.1) is 17.3 Å². The fourth-order valence-corrected chi connectivity index (χ4v) is 19.1. The SMILES string of the molecule is COC(=O)N1c2ccc3c(nc(CCn4ccccc4=O)n3CCN3CC[C@H](C(N)=O)C3)c2CC[C@@H]1C.COC(=O)N1c2ccc3c(nc(Cc4ccc(N5CCCC5=O)cc4)n3C3CCC(C(C)=O)CC3)c2CC[C@@H]1C.COC(=O)N1c2ccc3c(nc(Cc4ccccc4)n3C3CCC4(CC3)CNC4)c2CC[C@@H]1C. The van der Waals surface area contributed by atoms with Gasteiger partial charge < -0.3 is 53.3 Å². The summed E-state index contributed by atoms with van der Waals surface area (Å²) in [5, 5.41) is 3.49. The number of ketones is 1. The van der Waals surface area contributed by atoms with Crippen LogP contribution < -0.4 is 36.2 Å². The number of imidazole rings is 3. The van der Waals surface area contributed by atoms with Gasteiger partial charge in [-0.25, -0.2) is 29.3 Å². The molecule has 5 amide bonds. The van der Waals surface area contributed by atoms with Crippen molar-refractivity contribution < 1.29 is 43.0 Å². The Morgan fingerprint density at radius 3 is 1.50 bits per heavy atom. The third-order valence-corrected chi connectivity index (χ3v) is 25.5. The first kappa shape index (κ1) is 76.2. The maximum atomic E-state index is 12.7. The zero-order valence-corrected chi connectivity index (χ0v) is 65.3. The van der Waals surface area contributed by atoms with Crippen LogP contribution in [0.15, 0.2) is 120 Å². The van der Waals surface area contributed by atoms with Gasteiger partial charge in [0.1, 0.15) is 23.3 Å². The van der Waals surface area contributed by atoms with E-state index < -0.39 is 0 Å². The smallest absolute Gasteiger partial charge is 0.414 e. The highest BCUT2D eigenvalue weighted by Crippen LogP contribution is 2.47. The first-order valence-electron chi connectivity index (χ1n) is 40.3. The molecule has 4 atom stereocenters. The van der Waals surface area contributed by atoms with E-state index in [0.29, 0.717) is 50.4 Å². The lowest BCUT2D eigenvalue weighted by molar-refractivity contribution is -0.122. The molecule has 8 aliphatic rings. The van der Waals surface area contributed by atoms with Gasteiger partial charge in [-0.3, -0.25) is 33.9 Å². The van der Waals surface area contributed by atoms with Gasteiger partial charge in [0.25, 0.3) is 5.56 Å². The molecule has 17 rings (SSSR count). The highest BCUT2D eigenvalue weighted by Gasteiger charge is 2.43. The van der Waals surface area contributed by atoms with Crippen LogP contribution in [-0.4, -0.2) is 153 Å². The molecule has 584 valence electrons. The molecule has 0 bridgehead atoms. The third kappa shape index (κ3) is 15.3. The van der Waals surface area contributed by atoms with Crippen molar-refractivity contribution in [1.82, 2.24) is 43.4 Å². The van der Waals surface area contributed by atoms with Crippen molar-refractivity contribution in [3.05, 3.63) is 171 Å². The number of Topliss-reactive ketones (excluding diaryl/α,β-unsaturated/α-hetero) is 1. The maximum absolute atomic E-state index is 12.7. The van der Waals surface area contributed by atoms with Crippen molar-refractivity contribution in [1.29, 1.82) is 0 Å². The summed E-state index contributed by atoms with van der Waals surface area (Å²) in [5.74, 6) is 3.34. The van der Waals surface area contributed by atoms with E-state index in [-0.39, 0.29) is 77.4 Å². The predicted molar refractivity (Wildman–Crippen MR) is 430 cm³/mol. The normalized spacial score (nSPS) is 21.6. The van der Waals surface area contributed by atoms with Gasteiger partial charge in [-0.1, -0.05) is 48.5 Å². The summed E-state index contributed by atoms with van der Waals surface area (Å²) in [7, 11) is 4.29. The second kappa shape index (κ2) is 32.6. The van der Waals surface area contributed by atoms with E-state index >= 15 is 0 Å². The summed E-state index contributed by atoms with van der Waals surface area (Å²) in [4.78, 5) is 111. The Labute approximate surface area is 648 Å². The molecule has 9 aromatic rings. The largest absolute Gasteiger partial charge is 0.452 e. The Kier molecular flexibility index (Phi) is 22.4. The quantitative estimate of drug-likeness (QED) is 0.0904. The molecule has 3 saturated heterocycles. The number of ether oxygens (including phenoxy) is 3. The number of nitrogens with one attached hydrogen (secondary N) is 1. The average Bonchev–Trinajstić information content (AvgIpc) is 1.61. The number of nitrogens with zero attached hydrogens (tertiary/aromatic N) is 12. The number of methoxy groups -OCH3 is 3. The number of benzene rings is 5. The number of hydrogen-bond donors (Lipinski definition) is 2. The Morgan fingerprint density at radius 2 is 1.03 bits per heavy atom. The van der Waals surface area contributed by atoms with Gasteiger partial charge in [-0.05, 0) is 208 Å². The van der Waals surface area contributed by atoms with E-state index in [9.17, 15) is 33.6 Å². The Hall–Kier alpha value is -10.2. The predicted octanol–water partition coefficient (Wildman–Crippen LogP) is 13.4. The monoisotopic (exact) mass is 1510 g/mol. The van der Waals surface area contributed by atoms with Gasteiger partial charge >= 0.3 is 18.3 Å². The minimum absolute atomic E-state index is 0.0391. The van der Waals surface area contributed by atoms with Crippen LogP contribution in [0.2, 0.25) is 0 Å². The summed E-state index contributed by atoms with van der Waals surface area (Å²) >= 11 is 0. The lowest BCUT2D eigenvalue weighted by atomic mass is 9.68. The number of hydrogen-bond acceptors (Lipinski definition) is 15. The molecular formula is C87H106N14O10. The van der Waals surface area contributed by atoms with Gasteiger partial charge in [0.15, 0.2) is 0 Å². The zero-order chi connectivity index (χ0) is 77.4. The number of aromatic nitrogens is 7. The number of rotatable bonds is 15. The molecule has 6 aliphatic heterocycles. The summed E-state index contributed by atoms with van der Waals surface area (Å²) in [6, 6.07) is 37.6. The number of fused-ring (bicyclic) bond motifs is 9. The molecule has 2 aliphatic carbocycles. The van der Waals surface area contributed by atoms with E-state index in [1.54, 1.807) is 39.6 Å². The van der Waals surface area contributed by atoms with Gasteiger partial charge in [0, 0.05) is 142 Å². The summed E-state index contributed by atoms with van der Waals surface area (Å²) < 4.78 is 24.2. The van der Waals surface area contributed by atoms with Gasteiger partial charge in [0.05, 0.1) is 77.4 Å². The van der Waals surface area contributed by atoms with Gasteiger partial charge in [0.2, 0.25) is 11.8 Å². The topological polar surface area (TPSA) is 260 Å². The van der Waals surface area contributed by atoms with E-state index in [2.05, 4.69) is 104 Å². The molecule has 3 N–H and O–H groups in total. The minimum atomic E-state index is -0.367. The second-order valence-electron chi connectivity index (χ2n) is 32.2. The molecule has 0 radical (unpaired) electrons. The second-order valence-corrected chi connectivity index (χ2v) is 32.2. The Morgan fingerprint density at radius 1 is 0.523 bits per heavy atom. The van der Waals surface area contributed by atoms with E-state index in [0.717, 1.165) is 188 Å². The average molecular weight is 1510 g/mol. The number of amides is 5. The Balaban J connectivity index is 0.000000132. The first-order chi connectivity index (χ1) is 53.8. The summed E-state index contributed by atoms with van der Waals surface area (Å²) in [5.41, 5.74) is 21.7. The van der Waals surface area contributed by atoms with Crippen LogP contribution in [0.1, 0.15) is 175 Å². The maximum Gasteiger partial charge on any atom is 0.414 e. The minimum Gasteiger partial charge on any atom is -0.452 e. The van der Waals surface area contributed by atoms with Crippen LogP contribution in [0.25, 0.3) is 33.1 Å². The van der Waals surface area contributed by atoms with Crippen LogP contribution in [0.4, 0.5) is 37.1 Å². The van der Waals surface area contributed by atoms with E-state index in [1.807, 2.05) is 47.1 Å².